The van der Waals surface area contributed by atoms with Gasteiger partial charge in [0.1, 0.15) is 5.51 Å². The van der Waals surface area contributed by atoms with Crippen LogP contribution in [0.15, 0.2) is 11.7 Å². The average Bonchev–Trinajstić information content (AvgIpc) is 3.26. The Hall–Kier alpha value is -1.51. The molecule has 2 aromatic rings. The van der Waals surface area contributed by atoms with Gasteiger partial charge in [-0.05, 0) is 18.8 Å². The monoisotopic (exact) mass is 349 g/mol. The van der Waals surface area contributed by atoms with Gasteiger partial charge in [0, 0.05) is 51.4 Å². The van der Waals surface area contributed by atoms with Crippen LogP contribution in [0.1, 0.15) is 30.0 Å². The summed E-state index contributed by atoms with van der Waals surface area (Å²) in [5.41, 5.74) is 4.40. The maximum atomic E-state index is 5.50. The van der Waals surface area contributed by atoms with Crippen molar-refractivity contribution in [3.05, 3.63) is 23.0 Å². The zero-order chi connectivity index (χ0) is 16.4. The summed E-state index contributed by atoms with van der Waals surface area (Å²) >= 11 is 1.58. The normalized spacial score (nSPS) is 21.9. The van der Waals surface area contributed by atoms with Gasteiger partial charge >= 0.3 is 0 Å². The van der Waals surface area contributed by atoms with E-state index in [9.17, 15) is 0 Å². The van der Waals surface area contributed by atoms with Crippen LogP contribution < -0.4 is 4.90 Å². The average molecular weight is 349 g/mol. The molecule has 0 radical (unpaired) electrons. The second-order valence-corrected chi connectivity index (χ2v) is 7.36. The van der Waals surface area contributed by atoms with Crippen LogP contribution in [0, 0.1) is 5.92 Å². The Morgan fingerprint density at radius 3 is 3.00 bits per heavy atom. The Balaban J connectivity index is 1.57. The van der Waals surface area contributed by atoms with E-state index in [2.05, 4.69) is 19.8 Å². The Labute approximate surface area is 145 Å². The molecule has 1 fully saturated rings. The molecule has 1 saturated heterocycles. The number of hydrogen-bond donors (Lipinski definition) is 0. The molecule has 2 aromatic heterocycles. The van der Waals surface area contributed by atoms with E-state index in [0.717, 1.165) is 50.8 Å². The molecule has 8 heteroatoms. The van der Waals surface area contributed by atoms with Gasteiger partial charge in [-0.15, -0.1) is 10.2 Å². The van der Waals surface area contributed by atoms with Crippen molar-refractivity contribution in [2.45, 2.75) is 31.8 Å². The molecule has 0 amide bonds. The molecule has 1 atom stereocenters. The van der Waals surface area contributed by atoms with Crippen molar-refractivity contribution >= 4 is 16.5 Å². The molecule has 1 unspecified atom stereocenters. The zero-order valence-corrected chi connectivity index (χ0v) is 14.7. The van der Waals surface area contributed by atoms with Gasteiger partial charge < -0.3 is 14.4 Å². The summed E-state index contributed by atoms with van der Waals surface area (Å²) in [5, 5.41) is 13.9. The van der Waals surface area contributed by atoms with Crippen LogP contribution in [0.4, 0.5) is 5.13 Å². The molecular formula is C16H23N5O2S. The van der Waals surface area contributed by atoms with Crippen molar-refractivity contribution in [3.8, 4) is 0 Å². The first kappa shape index (κ1) is 16.0. The summed E-state index contributed by atoms with van der Waals surface area (Å²) in [5.74, 6) is 0.970. The summed E-state index contributed by atoms with van der Waals surface area (Å²) in [6, 6.07) is 0. The third-order valence-electron chi connectivity index (χ3n) is 4.91. The van der Waals surface area contributed by atoms with Crippen LogP contribution >= 0.6 is 11.3 Å². The van der Waals surface area contributed by atoms with Gasteiger partial charge in [0.05, 0.1) is 18.5 Å². The van der Waals surface area contributed by atoms with E-state index in [4.69, 9.17) is 14.6 Å². The van der Waals surface area contributed by atoms with Crippen molar-refractivity contribution in [1.29, 1.82) is 0 Å². The molecule has 0 aliphatic carbocycles. The highest BCUT2D eigenvalue weighted by Gasteiger charge is 2.31. The van der Waals surface area contributed by atoms with Crippen LogP contribution in [-0.2, 0) is 22.6 Å². The summed E-state index contributed by atoms with van der Waals surface area (Å²) in [6.45, 7) is 5.18. The number of rotatable bonds is 5. The van der Waals surface area contributed by atoms with Crippen LogP contribution in [0.3, 0.4) is 0 Å². The number of hydrogen-bond acceptors (Lipinski definition) is 7. The molecule has 7 nitrogen and oxygen atoms in total. The Kier molecular flexibility index (Phi) is 4.77. The minimum absolute atomic E-state index is 0.310. The summed E-state index contributed by atoms with van der Waals surface area (Å²) in [7, 11) is 1.77. The zero-order valence-electron chi connectivity index (χ0n) is 13.9. The molecule has 24 heavy (non-hydrogen) atoms. The van der Waals surface area contributed by atoms with Gasteiger partial charge in [-0.25, -0.2) is 0 Å². The van der Waals surface area contributed by atoms with Crippen molar-refractivity contribution in [3.63, 3.8) is 0 Å². The third kappa shape index (κ3) is 3.18. The lowest BCUT2D eigenvalue weighted by atomic mass is 9.96. The van der Waals surface area contributed by atoms with E-state index in [1.165, 1.54) is 11.3 Å². The number of methoxy groups -OCH3 is 1. The van der Waals surface area contributed by atoms with Crippen LogP contribution in [0.2, 0.25) is 0 Å². The predicted octanol–water partition coefficient (Wildman–Crippen LogP) is 1.91. The molecule has 130 valence electrons. The lowest BCUT2D eigenvalue weighted by Crippen LogP contribution is -2.36. The van der Waals surface area contributed by atoms with E-state index >= 15 is 0 Å². The summed E-state index contributed by atoms with van der Waals surface area (Å²) in [6.07, 6.45) is 4.27. The molecule has 2 aliphatic heterocycles. The third-order valence-corrected chi connectivity index (χ3v) is 5.66. The van der Waals surface area contributed by atoms with Gasteiger partial charge in [-0.2, -0.15) is 5.10 Å². The quantitative estimate of drug-likeness (QED) is 0.822. The first-order valence-corrected chi connectivity index (χ1v) is 9.35. The number of nitrogens with zero attached hydrogens (tertiary/aromatic N) is 5. The lowest BCUT2D eigenvalue weighted by molar-refractivity contribution is 0.0595. The molecule has 2 aliphatic rings. The molecule has 4 heterocycles. The molecule has 0 bridgehead atoms. The number of aromatic nitrogens is 4. The first-order chi connectivity index (χ1) is 11.8. The maximum absolute atomic E-state index is 5.50. The fourth-order valence-electron chi connectivity index (χ4n) is 3.75. The minimum atomic E-state index is 0.310. The SMILES string of the molecule is COCC1CN(c2nncs2)Cc2cnn(CC3CCOCC3)c21. The second kappa shape index (κ2) is 7.16. The molecular weight excluding hydrogens is 326 g/mol. The van der Waals surface area contributed by atoms with Crippen LogP contribution in [-0.4, -0.2) is 53.5 Å². The Morgan fingerprint density at radius 2 is 2.25 bits per heavy atom. The number of anilines is 1. The van der Waals surface area contributed by atoms with Crippen molar-refractivity contribution in [1.82, 2.24) is 20.0 Å². The highest BCUT2D eigenvalue weighted by molar-refractivity contribution is 7.13. The fraction of sp³-hybridized carbons (Fsp3) is 0.688. The van der Waals surface area contributed by atoms with E-state index in [-0.39, 0.29) is 0 Å². The fourth-order valence-corrected chi connectivity index (χ4v) is 4.32. The Bertz CT molecular complexity index is 653. The van der Waals surface area contributed by atoms with Gasteiger partial charge in [-0.3, -0.25) is 4.68 Å². The van der Waals surface area contributed by atoms with Gasteiger partial charge in [0.15, 0.2) is 0 Å². The van der Waals surface area contributed by atoms with Gasteiger partial charge in [0.25, 0.3) is 0 Å². The molecule has 0 N–H and O–H groups in total. The number of ether oxygens (including phenoxy) is 2. The van der Waals surface area contributed by atoms with Gasteiger partial charge in [0.2, 0.25) is 5.13 Å². The van der Waals surface area contributed by atoms with E-state index in [1.807, 2.05) is 6.20 Å². The van der Waals surface area contributed by atoms with E-state index < -0.39 is 0 Å². The molecule has 0 saturated carbocycles. The lowest BCUT2D eigenvalue weighted by Gasteiger charge is -2.33. The van der Waals surface area contributed by atoms with Crippen LogP contribution in [0.25, 0.3) is 0 Å². The van der Waals surface area contributed by atoms with Gasteiger partial charge in [-0.1, -0.05) is 11.3 Å². The van der Waals surface area contributed by atoms with Crippen molar-refractivity contribution in [2.24, 2.45) is 5.92 Å². The first-order valence-electron chi connectivity index (χ1n) is 8.47. The highest BCUT2D eigenvalue weighted by atomic mass is 32.1. The molecule has 0 aromatic carbocycles. The maximum Gasteiger partial charge on any atom is 0.208 e. The predicted molar refractivity (Wildman–Crippen MR) is 91.3 cm³/mol. The molecule has 4 rings (SSSR count). The van der Waals surface area contributed by atoms with Crippen LogP contribution in [0.5, 0.6) is 0 Å². The molecule has 0 spiro atoms. The minimum Gasteiger partial charge on any atom is -0.384 e. The van der Waals surface area contributed by atoms with E-state index in [0.29, 0.717) is 18.4 Å². The van der Waals surface area contributed by atoms with E-state index in [1.54, 1.807) is 24.0 Å². The standard InChI is InChI=1S/C16H23N5O2S/c1-22-10-14-9-20(16-19-17-11-24-16)8-13-6-18-21(15(13)14)7-12-2-4-23-5-3-12/h6,11-12,14H,2-5,7-10H2,1H3. The number of fused-ring (bicyclic) bond motifs is 1. The summed E-state index contributed by atoms with van der Waals surface area (Å²) < 4.78 is 13.2. The second-order valence-electron chi connectivity index (χ2n) is 6.55. The topological polar surface area (TPSA) is 65.3 Å². The Morgan fingerprint density at radius 1 is 1.38 bits per heavy atom. The summed E-state index contributed by atoms with van der Waals surface area (Å²) in [4.78, 5) is 2.28. The van der Waals surface area contributed by atoms with Crippen molar-refractivity contribution in [2.75, 3.05) is 38.4 Å². The highest BCUT2D eigenvalue weighted by Crippen LogP contribution is 2.33. The van der Waals surface area contributed by atoms with Crippen molar-refractivity contribution < 1.29 is 9.47 Å². The largest absolute Gasteiger partial charge is 0.384 e. The smallest absolute Gasteiger partial charge is 0.208 e.